The highest BCUT2D eigenvalue weighted by molar-refractivity contribution is 5.77. The molecule has 1 fully saturated rings. The molecule has 2 N–H and O–H groups in total. The number of ether oxygens (including phenoxy) is 1. The number of unbranched alkanes of at least 4 members (excludes halogenated alkanes) is 1. The van der Waals surface area contributed by atoms with E-state index in [-0.39, 0.29) is 25.3 Å². The van der Waals surface area contributed by atoms with Crippen LogP contribution in [0.5, 0.6) is 0 Å². The zero-order valence-electron chi connectivity index (χ0n) is 12.6. The van der Waals surface area contributed by atoms with E-state index in [1.807, 2.05) is 13.8 Å². The van der Waals surface area contributed by atoms with Gasteiger partial charge in [-0.05, 0) is 19.8 Å². The SMILES string of the molecule is CCCCN(C(=O)NC1COCC1C(=O)O)C(C)CC. The lowest BCUT2D eigenvalue weighted by molar-refractivity contribution is -0.142. The van der Waals surface area contributed by atoms with Crippen LogP contribution in [0.25, 0.3) is 0 Å². The summed E-state index contributed by atoms with van der Waals surface area (Å²) >= 11 is 0. The number of rotatable bonds is 7. The number of aliphatic carboxylic acids is 1. The molecule has 0 radical (unpaired) electrons. The Bertz CT molecular complexity index is 335. The van der Waals surface area contributed by atoms with Gasteiger partial charge in [-0.15, -0.1) is 0 Å². The zero-order valence-corrected chi connectivity index (χ0v) is 12.6. The monoisotopic (exact) mass is 286 g/mol. The van der Waals surface area contributed by atoms with Gasteiger partial charge < -0.3 is 20.1 Å². The van der Waals surface area contributed by atoms with E-state index in [2.05, 4.69) is 12.2 Å². The first-order valence-corrected chi connectivity index (χ1v) is 7.38. The van der Waals surface area contributed by atoms with Crippen molar-refractivity contribution in [1.29, 1.82) is 0 Å². The molecule has 0 aromatic heterocycles. The van der Waals surface area contributed by atoms with Crippen molar-refractivity contribution < 1.29 is 19.4 Å². The minimum atomic E-state index is -0.920. The Kier molecular flexibility index (Phi) is 6.78. The third-order valence-corrected chi connectivity index (χ3v) is 3.84. The van der Waals surface area contributed by atoms with Crippen molar-refractivity contribution in [2.45, 2.75) is 52.1 Å². The molecule has 116 valence electrons. The van der Waals surface area contributed by atoms with E-state index < -0.39 is 17.9 Å². The average molecular weight is 286 g/mol. The van der Waals surface area contributed by atoms with Gasteiger partial charge in [-0.25, -0.2) is 4.79 Å². The fourth-order valence-electron chi connectivity index (χ4n) is 2.25. The van der Waals surface area contributed by atoms with E-state index in [4.69, 9.17) is 9.84 Å². The maximum absolute atomic E-state index is 12.3. The first kappa shape index (κ1) is 16.8. The Morgan fingerprint density at radius 1 is 1.40 bits per heavy atom. The van der Waals surface area contributed by atoms with Crippen molar-refractivity contribution in [3.63, 3.8) is 0 Å². The van der Waals surface area contributed by atoms with E-state index in [1.165, 1.54) is 0 Å². The summed E-state index contributed by atoms with van der Waals surface area (Å²) in [5.74, 6) is -1.57. The summed E-state index contributed by atoms with van der Waals surface area (Å²) in [7, 11) is 0. The Morgan fingerprint density at radius 3 is 2.65 bits per heavy atom. The fraction of sp³-hybridized carbons (Fsp3) is 0.857. The summed E-state index contributed by atoms with van der Waals surface area (Å²) in [5, 5.41) is 11.9. The number of carbonyl (C=O) groups excluding carboxylic acids is 1. The molecule has 3 atom stereocenters. The van der Waals surface area contributed by atoms with Crippen molar-refractivity contribution >= 4 is 12.0 Å². The van der Waals surface area contributed by atoms with Gasteiger partial charge >= 0.3 is 12.0 Å². The smallest absolute Gasteiger partial charge is 0.317 e. The van der Waals surface area contributed by atoms with Crippen LogP contribution in [0.4, 0.5) is 4.79 Å². The molecule has 0 saturated carbocycles. The number of carboxylic acids is 1. The summed E-state index contributed by atoms with van der Waals surface area (Å²) in [6, 6.07) is -0.477. The normalized spacial score (nSPS) is 23.4. The number of nitrogens with zero attached hydrogens (tertiary/aromatic N) is 1. The number of hydrogen-bond donors (Lipinski definition) is 2. The zero-order chi connectivity index (χ0) is 15.1. The standard InChI is InChI=1S/C14H26N2O4/c1-4-6-7-16(10(3)5-2)14(19)15-12-9-20-8-11(12)13(17)18/h10-12H,4-9H2,1-3H3,(H,15,19)(H,17,18). The Hall–Kier alpha value is -1.30. The summed E-state index contributed by atoms with van der Waals surface area (Å²) in [6.45, 7) is 7.26. The van der Waals surface area contributed by atoms with Crippen LogP contribution in [0.3, 0.4) is 0 Å². The Morgan fingerprint density at radius 2 is 2.10 bits per heavy atom. The molecule has 3 unspecified atom stereocenters. The topological polar surface area (TPSA) is 78.9 Å². The first-order valence-electron chi connectivity index (χ1n) is 7.38. The van der Waals surface area contributed by atoms with E-state index in [1.54, 1.807) is 4.90 Å². The van der Waals surface area contributed by atoms with Crippen LogP contribution in [0.2, 0.25) is 0 Å². The molecule has 1 heterocycles. The molecule has 6 heteroatoms. The quantitative estimate of drug-likeness (QED) is 0.746. The number of hydrogen-bond acceptors (Lipinski definition) is 3. The molecule has 1 aliphatic heterocycles. The molecular formula is C14H26N2O4. The van der Waals surface area contributed by atoms with Crippen molar-refractivity contribution in [3.05, 3.63) is 0 Å². The Balaban J connectivity index is 2.62. The van der Waals surface area contributed by atoms with Crippen LogP contribution in [-0.4, -0.2) is 53.8 Å². The third kappa shape index (κ3) is 4.37. The molecule has 6 nitrogen and oxygen atoms in total. The van der Waals surface area contributed by atoms with Crippen LogP contribution in [0.1, 0.15) is 40.0 Å². The second kappa shape index (κ2) is 8.09. The molecule has 1 rings (SSSR count). The van der Waals surface area contributed by atoms with Gasteiger partial charge in [0.05, 0.1) is 19.3 Å². The summed E-state index contributed by atoms with van der Waals surface area (Å²) in [5.41, 5.74) is 0. The maximum Gasteiger partial charge on any atom is 0.317 e. The molecule has 1 saturated heterocycles. The van der Waals surface area contributed by atoms with E-state index in [9.17, 15) is 9.59 Å². The van der Waals surface area contributed by atoms with Gasteiger partial charge in [-0.2, -0.15) is 0 Å². The number of urea groups is 1. The van der Waals surface area contributed by atoms with Crippen LogP contribution in [0, 0.1) is 5.92 Å². The fourth-order valence-corrected chi connectivity index (χ4v) is 2.25. The van der Waals surface area contributed by atoms with Crippen molar-refractivity contribution in [3.8, 4) is 0 Å². The summed E-state index contributed by atoms with van der Waals surface area (Å²) < 4.78 is 5.17. The van der Waals surface area contributed by atoms with E-state index in [0.29, 0.717) is 6.54 Å². The number of nitrogens with one attached hydrogen (secondary N) is 1. The van der Waals surface area contributed by atoms with Gasteiger partial charge in [0, 0.05) is 12.6 Å². The van der Waals surface area contributed by atoms with Crippen molar-refractivity contribution in [2.75, 3.05) is 19.8 Å². The number of carboxylic acid groups (broad SMARTS) is 1. The minimum absolute atomic E-state index is 0.146. The highest BCUT2D eigenvalue weighted by Gasteiger charge is 2.36. The Labute approximate surface area is 120 Å². The predicted octanol–water partition coefficient (Wildman–Crippen LogP) is 1.70. The first-order chi connectivity index (χ1) is 9.51. The molecule has 0 aliphatic carbocycles. The highest BCUT2D eigenvalue weighted by atomic mass is 16.5. The largest absolute Gasteiger partial charge is 0.481 e. The van der Waals surface area contributed by atoms with Crippen LogP contribution < -0.4 is 5.32 Å². The maximum atomic E-state index is 12.3. The lowest BCUT2D eigenvalue weighted by Crippen LogP contribution is -2.51. The van der Waals surface area contributed by atoms with Crippen LogP contribution >= 0.6 is 0 Å². The minimum Gasteiger partial charge on any atom is -0.481 e. The van der Waals surface area contributed by atoms with Crippen molar-refractivity contribution in [2.24, 2.45) is 5.92 Å². The number of amides is 2. The lowest BCUT2D eigenvalue weighted by atomic mass is 10.0. The summed E-state index contributed by atoms with van der Waals surface area (Å²) in [4.78, 5) is 25.2. The molecule has 0 spiro atoms. The van der Waals surface area contributed by atoms with Gasteiger partial charge in [0.25, 0.3) is 0 Å². The van der Waals surface area contributed by atoms with Gasteiger partial charge in [0.15, 0.2) is 0 Å². The van der Waals surface area contributed by atoms with E-state index in [0.717, 1.165) is 19.3 Å². The van der Waals surface area contributed by atoms with Gasteiger partial charge in [0.2, 0.25) is 0 Å². The predicted molar refractivity (Wildman–Crippen MR) is 75.6 cm³/mol. The second-order valence-electron chi connectivity index (χ2n) is 5.34. The second-order valence-corrected chi connectivity index (χ2v) is 5.34. The van der Waals surface area contributed by atoms with Crippen molar-refractivity contribution in [1.82, 2.24) is 10.2 Å². The summed E-state index contributed by atoms with van der Waals surface area (Å²) in [6.07, 6.45) is 2.84. The molecule has 0 aromatic carbocycles. The van der Waals surface area contributed by atoms with E-state index >= 15 is 0 Å². The van der Waals surface area contributed by atoms with Gasteiger partial charge in [-0.3, -0.25) is 4.79 Å². The third-order valence-electron chi connectivity index (χ3n) is 3.84. The van der Waals surface area contributed by atoms with Crippen LogP contribution in [-0.2, 0) is 9.53 Å². The van der Waals surface area contributed by atoms with Crippen LogP contribution in [0.15, 0.2) is 0 Å². The molecule has 1 aliphatic rings. The molecular weight excluding hydrogens is 260 g/mol. The highest BCUT2D eigenvalue weighted by Crippen LogP contribution is 2.15. The lowest BCUT2D eigenvalue weighted by Gasteiger charge is -2.30. The molecule has 0 bridgehead atoms. The van der Waals surface area contributed by atoms with Gasteiger partial charge in [-0.1, -0.05) is 20.3 Å². The average Bonchev–Trinajstić information content (AvgIpc) is 2.87. The number of carbonyl (C=O) groups is 2. The molecule has 20 heavy (non-hydrogen) atoms. The molecule has 2 amide bonds. The van der Waals surface area contributed by atoms with Gasteiger partial charge in [0.1, 0.15) is 5.92 Å². The molecule has 0 aromatic rings.